The molecule has 0 saturated carbocycles. The summed E-state index contributed by atoms with van der Waals surface area (Å²) < 4.78 is 54.4. The van der Waals surface area contributed by atoms with Crippen LogP contribution in [0.5, 0.6) is 5.75 Å². The van der Waals surface area contributed by atoms with Crippen molar-refractivity contribution in [3.63, 3.8) is 0 Å². The van der Waals surface area contributed by atoms with E-state index in [1.54, 1.807) is 0 Å². The number of rotatable bonds is 5. The summed E-state index contributed by atoms with van der Waals surface area (Å²) in [5.74, 6) is 0.0906. The van der Waals surface area contributed by atoms with E-state index in [0.29, 0.717) is 0 Å². The zero-order chi connectivity index (χ0) is 17.3. The van der Waals surface area contributed by atoms with Crippen molar-refractivity contribution in [2.75, 3.05) is 11.8 Å². The fourth-order valence-electron chi connectivity index (χ4n) is 1.65. The average Bonchev–Trinajstić information content (AvgIpc) is 2.46. The van der Waals surface area contributed by atoms with Gasteiger partial charge >= 0.3 is 0 Å². The highest BCUT2D eigenvalue weighted by Gasteiger charge is 2.18. The Labute approximate surface area is 138 Å². The van der Waals surface area contributed by atoms with Crippen LogP contribution in [0.3, 0.4) is 0 Å². The van der Waals surface area contributed by atoms with Crippen LogP contribution in [0.25, 0.3) is 0 Å². The van der Waals surface area contributed by atoms with Gasteiger partial charge in [0.05, 0.1) is 17.7 Å². The molecule has 0 aliphatic rings. The molecule has 1 heterocycles. The van der Waals surface area contributed by atoms with Crippen LogP contribution in [0, 0.1) is 0 Å². The largest absolute Gasteiger partial charge is 0.493 e. The predicted octanol–water partition coefficient (Wildman–Crippen LogP) is 1.19. The van der Waals surface area contributed by atoms with Gasteiger partial charge < -0.3 is 4.74 Å². The molecule has 0 unspecified atom stereocenters. The summed E-state index contributed by atoms with van der Waals surface area (Å²) in [6.45, 7) is 0. The third kappa shape index (κ3) is 4.10. The first-order chi connectivity index (χ1) is 10.6. The molecule has 0 bridgehead atoms. The first-order valence-electron chi connectivity index (χ1n) is 5.99. The summed E-state index contributed by atoms with van der Waals surface area (Å²) in [5, 5.41) is 5.03. The molecule has 0 aliphatic carbocycles. The summed E-state index contributed by atoms with van der Waals surface area (Å²) in [4.78, 5) is 3.31. The molecule has 0 fully saturated rings. The van der Waals surface area contributed by atoms with E-state index in [0.717, 1.165) is 12.3 Å². The van der Waals surface area contributed by atoms with Crippen LogP contribution in [0.1, 0.15) is 0 Å². The number of primary sulfonamides is 1. The number of nitrogens with zero attached hydrogens (tertiary/aromatic N) is 1. The van der Waals surface area contributed by atoms with Crippen molar-refractivity contribution < 1.29 is 21.6 Å². The third-order valence-corrected chi connectivity index (χ3v) is 5.27. The minimum absolute atomic E-state index is 0.0164. The number of hydrogen-bond donors (Lipinski definition) is 2. The van der Waals surface area contributed by atoms with E-state index < -0.39 is 20.0 Å². The summed E-state index contributed by atoms with van der Waals surface area (Å²) in [5.41, 5.74) is 0.0328. The number of hydrogen-bond acceptors (Lipinski definition) is 6. The van der Waals surface area contributed by atoms with Crippen molar-refractivity contribution in [2.45, 2.75) is 9.79 Å². The van der Waals surface area contributed by atoms with Gasteiger partial charge in [0.25, 0.3) is 10.0 Å². The second kappa shape index (κ2) is 6.32. The van der Waals surface area contributed by atoms with E-state index in [2.05, 4.69) is 9.71 Å². The molecule has 1 aromatic heterocycles. The molecule has 23 heavy (non-hydrogen) atoms. The van der Waals surface area contributed by atoms with Gasteiger partial charge in [-0.25, -0.2) is 27.0 Å². The molecule has 0 saturated heterocycles. The number of pyridine rings is 1. The van der Waals surface area contributed by atoms with E-state index in [1.165, 1.54) is 31.4 Å². The van der Waals surface area contributed by atoms with E-state index >= 15 is 0 Å². The molecule has 0 spiro atoms. The number of methoxy groups -OCH3 is 1. The maximum atomic E-state index is 12.3. The quantitative estimate of drug-likeness (QED) is 0.753. The Morgan fingerprint density at radius 1 is 1.17 bits per heavy atom. The van der Waals surface area contributed by atoms with Crippen LogP contribution in [-0.4, -0.2) is 28.9 Å². The van der Waals surface area contributed by atoms with Crippen molar-refractivity contribution in [1.29, 1.82) is 0 Å². The van der Waals surface area contributed by atoms with Crippen molar-refractivity contribution in [1.82, 2.24) is 4.98 Å². The van der Waals surface area contributed by atoms with Gasteiger partial charge in [0.2, 0.25) is 10.0 Å². The molecule has 124 valence electrons. The van der Waals surface area contributed by atoms with Crippen LogP contribution in [-0.2, 0) is 20.0 Å². The van der Waals surface area contributed by atoms with Crippen LogP contribution < -0.4 is 14.6 Å². The fourth-order valence-corrected chi connectivity index (χ4v) is 3.40. The molecule has 11 heteroatoms. The van der Waals surface area contributed by atoms with Crippen LogP contribution in [0.2, 0.25) is 5.15 Å². The molecule has 0 radical (unpaired) electrons. The van der Waals surface area contributed by atoms with E-state index in [1.807, 2.05) is 0 Å². The first kappa shape index (κ1) is 17.5. The lowest BCUT2D eigenvalue weighted by molar-refractivity contribution is 0.411. The summed E-state index contributed by atoms with van der Waals surface area (Å²) in [7, 11) is -6.64. The van der Waals surface area contributed by atoms with Gasteiger partial charge in [-0.2, -0.15) is 0 Å². The Bertz CT molecular complexity index is 945. The highest BCUT2D eigenvalue weighted by atomic mass is 35.5. The summed E-state index contributed by atoms with van der Waals surface area (Å²) >= 11 is 5.75. The zero-order valence-electron chi connectivity index (χ0n) is 11.7. The van der Waals surface area contributed by atoms with E-state index in [-0.39, 0.29) is 26.4 Å². The standard InChI is InChI=1S/C12H12ClN3O5S2/c1-21-11-6-10(7-15-12(11)13)23(19,20)16-8-3-2-4-9(5-8)22(14,17)18/h2-7,16H,1H3,(H2,14,17,18). The van der Waals surface area contributed by atoms with Crippen molar-refractivity contribution in [3.8, 4) is 5.75 Å². The van der Waals surface area contributed by atoms with E-state index in [9.17, 15) is 16.8 Å². The van der Waals surface area contributed by atoms with Gasteiger partial charge in [0.1, 0.15) is 4.90 Å². The smallest absolute Gasteiger partial charge is 0.263 e. The van der Waals surface area contributed by atoms with Gasteiger partial charge in [0, 0.05) is 12.3 Å². The Morgan fingerprint density at radius 2 is 1.87 bits per heavy atom. The van der Waals surface area contributed by atoms with Gasteiger partial charge in [-0.15, -0.1) is 0 Å². The van der Waals surface area contributed by atoms with E-state index in [4.69, 9.17) is 21.5 Å². The molecular weight excluding hydrogens is 366 g/mol. The number of anilines is 1. The number of aromatic nitrogens is 1. The topological polar surface area (TPSA) is 128 Å². The summed E-state index contributed by atoms with van der Waals surface area (Å²) in [6.07, 6.45) is 1.05. The lowest BCUT2D eigenvalue weighted by atomic mass is 10.3. The molecule has 2 aromatic rings. The second-order valence-electron chi connectivity index (χ2n) is 4.34. The number of benzene rings is 1. The van der Waals surface area contributed by atoms with Crippen molar-refractivity contribution >= 4 is 37.3 Å². The fraction of sp³-hybridized carbons (Fsp3) is 0.0833. The van der Waals surface area contributed by atoms with Crippen LogP contribution in [0.15, 0.2) is 46.3 Å². The van der Waals surface area contributed by atoms with Gasteiger partial charge in [-0.1, -0.05) is 17.7 Å². The molecule has 0 amide bonds. The van der Waals surface area contributed by atoms with Crippen LogP contribution in [0.4, 0.5) is 5.69 Å². The Hall–Kier alpha value is -1.88. The molecule has 1 aromatic carbocycles. The first-order valence-corrected chi connectivity index (χ1v) is 9.39. The Balaban J connectivity index is 2.39. The maximum Gasteiger partial charge on any atom is 0.263 e. The highest BCUT2D eigenvalue weighted by molar-refractivity contribution is 7.92. The van der Waals surface area contributed by atoms with Crippen molar-refractivity contribution in [2.24, 2.45) is 5.14 Å². The Morgan fingerprint density at radius 3 is 2.48 bits per heavy atom. The minimum atomic E-state index is -4.01. The summed E-state index contributed by atoms with van der Waals surface area (Å²) in [6, 6.07) is 6.29. The lowest BCUT2D eigenvalue weighted by Crippen LogP contribution is -2.15. The number of sulfonamides is 2. The molecule has 0 atom stereocenters. The van der Waals surface area contributed by atoms with Gasteiger partial charge in [0.15, 0.2) is 10.9 Å². The third-order valence-electron chi connectivity index (χ3n) is 2.73. The predicted molar refractivity (Wildman–Crippen MR) is 84.4 cm³/mol. The normalized spacial score (nSPS) is 12.0. The monoisotopic (exact) mass is 377 g/mol. The molecule has 2 rings (SSSR count). The second-order valence-corrected chi connectivity index (χ2v) is 7.94. The number of nitrogens with one attached hydrogen (secondary N) is 1. The SMILES string of the molecule is COc1cc(S(=O)(=O)Nc2cccc(S(N)(=O)=O)c2)cnc1Cl. The number of halogens is 1. The zero-order valence-corrected chi connectivity index (χ0v) is 14.1. The molecule has 3 N–H and O–H groups in total. The van der Waals surface area contributed by atoms with Crippen LogP contribution >= 0.6 is 11.6 Å². The lowest BCUT2D eigenvalue weighted by Gasteiger charge is -2.10. The Kier molecular flexibility index (Phi) is 4.80. The molecule has 0 aliphatic heterocycles. The van der Waals surface area contributed by atoms with Gasteiger partial charge in [-0.05, 0) is 18.2 Å². The number of nitrogens with two attached hydrogens (primary N) is 1. The highest BCUT2D eigenvalue weighted by Crippen LogP contribution is 2.26. The molecule has 8 nitrogen and oxygen atoms in total. The van der Waals surface area contributed by atoms with Gasteiger partial charge in [-0.3, -0.25) is 4.72 Å². The maximum absolute atomic E-state index is 12.3. The number of ether oxygens (including phenoxy) is 1. The molecular formula is C12H12ClN3O5S2. The van der Waals surface area contributed by atoms with Crippen molar-refractivity contribution in [3.05, 3.63) is 41.7 Å². The average molecular weight is 378 g/mol. The minimum Gasteiger partial charge on any atom is -0.493 e.